The molecule has 11 aromatic rings. The largest absolute Gasteiger partial charge is 0.309 e. The number of rotatable bonds is 6. The Bertz CT molecular complexity index is 3330. The first kappa shape index (κ1) is 33.3. The molecular formula is C53H33N5. The number of hydrogen-bond acceptors (Lipinski definition) is 3. The molecule has 0 atom stereocenters. The number of fused-ring (bicyclic) bond motifs is 6. The van der Waals surface area contributed by atoms with Crippen molar-refractivity contribution in [2.45, 2.75) is 0 Å². The van der Waals surface area contributed by atoms with Crippen LogP contribution in [-0.4, -0.2) is 19.1 Å². The van der Waals surface area contributed by atoms with Gasteiger partial charge in [-0.15, -0.1) is 0 Å². The zero-order valence-electron chi connectivity index (χ0n) is 31.3. The van der Waals surface area contributed by atoms with Crippen molar-refractivity contribution >= 4 is 43.6 Å². The summed E-state index contributed by atoms with van der Waals surface area (Å²) in [4.78, 5) is 10.1. The van der Waals surface area contributed by atoms with Gasteiger partial charge in [-0.05, 0) is 59.7 Å². The highest BCUT2D eigenvalue weighted by molar-refractivity contribution is 6.12. The summed E-state index contributed by atoms with van der Waals surface area (Å²) in [5.41, 5.74) is 13.3. The molecule has 0 radical (unpaired) electrons. The zero-order chi connectivity index (χ0) is 38.6. The van der Waals surface area contributed by atoms with Crippen LogP contribution >= 0.6 is 0 Å². The van der Waals surface area contributed by atoms with Gasteiger partial charge in [0.05, 0.1) is 33.5 Å². The Hall–Kier alpha value is -8.07. The van der Waals surface area contributed by atoms with Crippen LogP contribution in [0, 0.1) is 11.3 Å². The number of hydrogen-bond donors (Lipinski definition) is 0. The molecule has 0 saturated carbocycles. The first-order valence-corrected chi connectivity index (χ1v) is 19.4. The fraction of sp³-hybridized carbons (Fsp3) is 0. The number of nitrogens with zero attached hydrogens (tertiary/aromatic N) is 5. The Kier molecular flexibility index (Phi) is 7.80. The lowest BCUT2D eigenvalue weighted by Gasteiger charge is -2.13. The average molecular weight is 740 g/mol. The molecule has 0 fully saturated rings. The maximum absolute atomic E-state index is 10.4. The summed E-state index contributed by atoms with van der Waals surface area (Å²) in [6.07, 6.45) is 0. The molecule has 5 heteroatoms. The van der Waals surface area contributed by atoms with Crippen LogP contribution in [-0.2, 0) is 0 Å². The predicted molar refractivity (Wildman–Crippen MR) is 237 cm³/mol. The lowest BCUT2D eigenvalue weighted by molar-refractivity contribution is 1.15. The summed E-state index contributed by atoms with van der Waals surface area (Å²) < 4.78 is 4.77. The molecule has 8 aromatic carbocycles. The molecule has 5 nitrogen and oxygen atoms in total. The van der Waals surface area contributed by atoms with Gasteiger partial charge in [0, 0.05) is 49.6 Å². The van der Waals surface area contributed by atoms with E-state index in [0.717, 1.165) is 55.7 Å². The van der Waals surface area contributed by atoms with Crippen LogP contribution in [0.3, 0.4) is 0 Å². The van der Waals surface area contributed by atoms with Crippen molar-refractivity contribution in [2.24, 2.45) is 0 Å². The van der Waals surface area contributed by atoms with E-state index in [0.29, 0.717) is 22.8 Å². The van der Waals surface area contributed by atoms with E-state index in [-0.39, 0.29) is 0 Å². The van der Waals surface area contributed by atoms with Crippen molar-refractivity contribution < 1.29 is 0 Å². The van der Waals surface area contributed by atoms with Crippen LogP contribution in [0.1, 0.15) is 5.56 Å². The van der Waals surface area contributed by atoms with E-state index >= 15 is 0 Å². The first-order valence-electron chi connectivity index (χ1n) is 19.4. The number of nitriles is 1. The molecular weight excluding hydrogens is 707 g/mol. The van der Waals surface area contributed by atoms with Gasteiger partial charge in [0.1, 0.15) is 11.6 Å². The SMILES string of the molecule is N#Cc1c(-c2ccccc2)nc(-c2cccc(-c3ccc4c5ccccc5n(-c5ccc6c7ccccc7n(-c7ccccc7)c6c5)c4c3)c2)nc1-c1ccccc1. The van der Waals surface area contributed by atoms with Crippen LogP contribution in [0.4, 0.5) is 0 Å². The summed E-state index contributed by atoms with van der Waals surface area (Å²) >= 11 is 0. The van der Waals surface area contributed by atoms with Crippen molar-refractivity contribution in [1.82, 2.24) is 19.1 Å². The molecule has 0 bridgehead atoms. The maximum Gasteiger partial charge on any atom is 0.160 e. The summed E-state index contributed by atoms with van der Waals surface area (Å²) in [5, 5.41) is 15.3. The van der Waals surface area contributed by atoms with Gasteiger partial charge in [0.25, 0.3) is 0 Å². The van der Waals surface area contributed by atoms with Gasteiger partial charge >= 0.3 is 0 Å². The molecule has 0 saturated heterocycles. The normalized spacial score (nSPS) is 11.4. The predicted octanol–water partition coefficient (Wildman–Crippen LogP) is 13.2. The smallest absolute Gasteiger partial charge is 0.160 e. The van der Waals surface area contributed by atoms with Crippen LogP contribution in [0.5, 0.6) is 0 Å². The summed E-state index contributed by atoms with van der Waals surface area (Å²) in [7, 11) is 0. The van der Waals surface area contributed by atoms with Crippen LogP contribution in [0.25, 0.3) is 100 Å². The van der Waals surface area contributed by atoms with E-state index in [1.807, 2.05) is 66.7 Å². The fourth-order valence-corrected chi connectivity index (χ4v) is 8.52. The minimum atomic E-state index is 0.456. The third-order valence-electron chi connectivity index (χ3n) is 11.2. The molecule has 0 spiro atoms. The monoisotopic (exact) mass is 739 g/mol. The van der Waals surface area contributed by atoms with Gasteiger partial charge in [-0.25, -0.2) is 9.97 Å². The Labute approximate surface area is 335 Å². The van der Waals surface area contributed by atoms with E-state index in [2.05, 4.69) is 149 Å². The Morgan fingerprint density at radius 3 is 1.43 bits per heavy atom. The van der Waals surface area contributed by atoms with Crippen molar-refractivity contribution in [3.8, 4) is 62.5 Å². The molecule has 11 rings (SSSR count). The van der Waals surface area contributed by atoms with Gasteiger partial charge in [0.15, 0.2) is 5.82 Å². The molecule has 0 aliphatic heterocycles. The third kappa shape index (κ3) is 5.39. The Morgan fingerprint density at radius 2 is 0.810 bits per heavy atom. The van der Waals surface area contributed by atoms with Crippen LogP contribution < -0.4 is 0 Å². The molecule has 270 valence electrons. The topological polar surface area (TPSA) is 59.4 Å². The van der Waals surface area contributed by atoms with Crippen molar-refractivity contribution in [3.05, 3.63) is 206 Å². The Morgan fingerprint density at radius 1 is 0.345 bits per heavy atom. The number of para-hydroxylation sites is 3. The quantitative estimate of drug-likeness (QED) is 0.171. The second-order valence-corrected chi connectivity index (χ2v) is 14.5. The minimum Gasteiger partial charge on any atom is -0.309 e. The standard InChI is InChI=1S/C53H33N5/c54-34-46-51(35-15-4-1-5-16-35)55-53(56-52(46)36-17-6-2-7-18-36)39-20-14-19-37(31-39)38-27-29-44-42-23-11-13-26-48(42)58(49(44)32-38)41-28-30-45-43-24-10-12-25-47(43)57(50(45)33-41)40-21-8-3-9-22-40/h1-33H. The fourth-order valence-electron chi connectivity index (χ4n) is 8.52. The zero-order valence-corrected chi connectivity index (χ0v) is 31.3. The van der Waals surface area contributed by atoms with Crippen molar-refractivity contribution in [2.75, 3.05) is 0 Å². The van der Waals surface area contributed by atoms with Crippen LogP contribution in [0.15, 0.2) is 200 Å². The Balaban J connectivity index is 1.09. The highest BCUT2D eigenvalue weighted by Crippen LogP contribution is 2.39. The first-order chi connectivity index (χ1) is 28.7. The van der Waals surface area contributed by atoms with Gasteiger partial charge in [-0.1, -0.05) is 152 Å². The summed E-state index contributed by atoms with van der Waals surface area (Å²) in [6.45, 7) is 0. The average Bonchev–Trinajstić information content (AvgIpc) is 3.81. The highest BCUT2D eigenvalue weighted by atomic mass is 15.0. The molecule has 3 heterocycles. The molecule has 58 heavy (non-hydrogen) atoms. The van der Waals surface area contributed by atoms with E-state index in [4.69, 9.17) is 9.97 Å². The van der Waals surface area contributed by atoms with Gasteiger partial charge in [-0.3, -0.25) is 0 Å². The lowest BCUT2D eigenvalue weighted by atomic mass is 9.99. The molecule has 0 amide bonds. The van der Waals surface area contributed by atoms with E-state index < -0.39 is 0 Å². The lowest BCUT2D eigenvalue weighted by Crippen LogP contribution is -2.01. The molecule has 0 aliphatic rings. The third-order valence-corrected chi connectivity index (χ3v) is 11.2. The second kappa shape index (κ2) is 13.6. The van der Waals surface area contributed by atoms with Crippen LogP contribution in [0.2, 0.25) is 0 Å². The summed E-state index contributed by atoms with van der Waals surface area (Å²) in [6, 6.07) is 72.1. The molecule has 0 unspecified atom stereocenters. The maximum atomic E-state index is 10.4. The van der Waals surface area contributed by atoms with Gasteiger partial charge < -0.3 is 9.13 Å². The van der Waals surface area contributed by atoms with E-state index in [9.17, 15) is 5.26 Å². The molecule has 0 aliphatic carbocycles. The van der Waals surface area contributed by atoms with Crippen molar-refractivity contribution in [3.63, 3.8) is 0 Å². The minimum absolute atomic E-state index is 0.456. The van der Waals surface area contributed by atoms with E-state index in [1.54, 1.807) is 0 Å². The second-order valence-electron chi connectivity index (χ2n) is 14.5. The molecule has 3 aromatic heterocycles. The van der Waals surface area contributed by atoms with Crippen molar-refractivity contribution in [1.29, 1.82) is 5.26 Å². The highest BCUT2D eigenvalue weighted by Gasteiger charge is 2.20. The van der Waals surface area contributed by atoms with Gasteiger partial charge in [-0.2, -0.15) is 5.26 Å². The number of benzene rings is 8. The summed E-state index contributed by atoms with van der Waals surface area (Å²) in [5.74, 6) is 0.566. The van der Waals surface area contributed by atoms with Gasteiger partial charge in [0.2, 0.25) is 0 Å². The number of aromatic nitrogens is 4. The van der Waals surface area contributed by atoms with E-state index in [1.165, 1.54) is 27.1 Å². The molecule has 0 N–H and O–H groups in total.